The number of rotatable bonds is 3. The van der Waals surface area contributed by atoms with Crippen LogP contribution in [0.15, 0.2) is 42.9 Å². The van der Waals surface area contributed by atoms with Crippen LogP contribution in [0.3, 0.4) is 0 Å². The fraction of sp³-hybridized carbons (Fsp3) is 0.154. The summed E-state index contributed by atoms with van der Waals surface area (Å²) in [6.07, 6.45) is 5.11. The van der Waals surface area contributed by atoms with E-state index in [0.29, 0.717) is 12.3 Å². The minimum Gasteiger partial charge on any atom is -0.461 e. The standard InChI is InChI=1S/C13H12N2O2/c1-2-17-13(16)12-6-5-11(9-15-12)10-4-3-7-14-8-10/h3-9H,2H2,1H3. The highest BCUT2D eigenvalue weighted by Gasteiger charge is 2.07. The van der Waals surface area contributed by atoms with Crippen LogP contribution in [0, 0.1) is 0 Å². The van der Waals surface area contributed by atoms with Gasteiger partial charge in [-0.3, -0.25) is 4.98 Å². The summed E-state index contributed by atoms with van der Waals surface area (Å²) in [5.74, 6) is -0.398. The first-order chi connectivity index (χ1) is 8.31. The van der Waals surface area contributed by atoms with E-state index in [0.717, 1.165) is 11.1 Å². The van der Waals surface area contributed by atoms with E-state index in [9.17, 15) is 4.79 Å². The van der Waals surface area contributed by atoms with E-state index >= 15 is 0 Å². The van der Waals surface area contributed by atoms with Crippen molar-refractivity contribution >= 4 is 5.97 Å². The topological polar surface area (TPSA) is 52.1 Å². The summed E-state index contributed by atoms with van der Waals surface area (Å²) in [6, 6.07) is 7.28. The molecule has 0 fully saturated rings. The van der Waals surface area contributed by atoms with Crippen LogP contribution in [-0.4, -0.2) is 22.5 Å². The molecular weight excluding hydrogens is 216 g/mol. The highest BCUT2D eigenvalue weighted by molar-refractivity contribution is 5.87. The molecule has 0 aliphatic carbocycles. The average molecular weight is 228 g/mol. The van der Waals surface area contributed by atoms with Crippen molar-refractivity contribution in [3.63, 3.8) is 0 Å². The molecule has 2 rings (SSSR count). The highest BCUT2D eigenvalue weighted by atomic mass is 16.5. The minimum absolute atomic E-state index is 0.319. The molecule has 0 aliphatic rings. The Bertz CT molecular complexity index is 495. The summed E-state index contributed by atoms with van der Waals surface area (Å²) in [6.45, 7) is 2.12. The monoisotopic (exact) mass is 228 g/mol. The number of ether oxygens (including phenoxy) is 1. The van der Waals surface area contributed by atoms with Crippen LogP contribution in [0.5, 0.6) is 0 Å². The molecule has 17 heavy (non-hydrogen) atoms. The largest absolute Gasteiger partial charge is 0.461 e. The summed E-state index contributed by atoms with van der Waals surface area (Å²) >= 11 is 0. The quantitative estimate of drug-likeness (QED) is 0.756. The van der Waals surface area contributed by atoms with Gasteiger partial charge in [-0.2, -0.15) is 0 Å². The molecule has 0 bridgehead atoms. The Morgan fingerprint density at radius 3 is 2.65 bits per heavy atom. The molecule has 0 atom stereocenters. The molecule has 0 aromatic carbocycles. The van der Waals surface area contributed by atoms with E-state index in [2.05, 4.69) is 9.97 Å². The molecule has 2 aromatic heterocycles. The van der Waals surface area contributed by atoms with Crippen molar-refractivity contribution in [1.82, 2.24) is 9.97 Å². The van der Waals surface area contributed by atoms with E-state index in [1.807, 2.05) is 18.2 Å². The summed E-state index contributed by atoms with van der Waals surface area (Å²) in [5, 5.41) is 0. The predicted octanol–water partition coefficient (Wildman–Crippen LogP) is 2.32. The van der Waals surface area contributed by atoms with Gasteiger partial charge in [0.15, 0.2) is 0 Å². The molecular formula is C13H12N2O2. The Morgan fingerprint density at radius 2 is 2.06 bits per heavy atom. The zero-order chi connectivity index (χ0) is 12.1. The molecule has 2 heterocycles. The molecule has 2 aromatic rings. The maximum atomic E-state index is 11.4. The van der Waals surface area contributed by atoms with E-state index in [4.69, 9.17) is 4.74 Å². The maximum absolute atomic E-state index is 11.4. The molecule has 0 radical (unpaired) electrons. The van der Waals surface area contributed by atoms with E-state index in [1.54, 1.807) is 31.6 Å². The van der Waals surface area contributed by atoms with Gasteiger partial charge in [0.25, 0.3) is 0 Å². The van der Waals surface area contributed by atoms with Crippen LogP contribution < -0.4 is 0 Å². The predicted molar refractivity (Wildman–Crippen MR) is 63.4 cm³/mol. The molecule has 0 unspecified atom stereocenters. The Kier molecular flexibility index (Phi) is 3.45. The number of pyridine rings is 2. The number of hydrogen-bond donors (Lipinski definition) is 0. The van der Waals surface area contributed by atoms with E-state index < -0.39 is 5.97 Å². The maximum Gasteiger partial charge on any atom is 0.356 e. The SMILES string of the molecule is CCOC(=O)c1ccc(-c2cccnc2)cn1. The second-order valence-corrected chi connectivity index (χ2v) is 3.39. The van der Waals surface area contributed by atoms with Gasteiger partial charge < -0.3 is 4.74 Å². The third-order valence-corrected chi connectivity index (χ3v) is 2.24. The Balaban J connectivity index is 2.22. The zero-order valence-electron chi connectivity index (χ0n) is 9.46. The van der Waals surface area contributed by atoms with Crippen molar-refractivity contribution in [2.24, 2.45) is 0 Å². The Morgan fingerprint density at radius 1 is 1.24 bits per heavy atom. The van der Waals surface area contributed by atoms with Gasteiger partial charge in [-0.1, -0.05) is 12.1 Å². The first kappa shape index (κ1) is 11.3. The normalized spacial score (nSPS) is 9.94. The smallest absolute Gasteiger partial charge is 0.356 e. The average Bonchev–Trinajstić information content (AvgIpc) is 2.40. The van der Waals surface area contributed by atoms with Crippen LogP contribution >= 0.6 is 0 Å². The molecule has 86 valence electrons. The van der Waals surface area contributed by atoms with Gasteiger partial charge in [0.1, 0.15) is 5.69 Å². The van der Waals surface area contributed by atoms with Gasteiger partial charge in [-0.15, -0.1) is 0 Å². The van der Waals surface area contributed by atoms with Crippen LogP contribution in [-0.2, 0) is 4.74 Å². The number of aromatic nitrogens is 2. The van der Waals surface area contributed by atoms with Gasteiger partial charge in [-0.05, 0) is 19.1 Å². The van der Waals surface area contributed by atoms with Gasteiger partial charge in [0.2, 0.25) is 0 Å². The fourth-order valence-electron chi connectivity index (χ4n) is 1.42. The van der Waals surface area contributed by atoms with Crippen LogP contribution in [0.25, 0.3) is 11.1 Å². The lowest BCUT2D eigenvalue weighted by Gasteiger charge is -2.03. The second-order valence-electron chi connectivity index (χ2n) is 3.39. The molecule has 0 N–H and O–H groups in total. The first-order valence-electron chi connectivity index (χ1n) is 5.35. The van der Waals surface area contributed by atoms with E-state index in [1.165, 1.54) is 0 Å². The van der Waals surface area contributed by atoms with Gasteiger partial charge in [0.05, 0.1) is 6.61 Å². The molecule has 0 aliphatic heterocycles. The van der Waals surface area contributed by atoms with Crippen molar-refractivity contribution in [3.05, 3.63) is 48.5 Å². The third kappa shape index (κ3) is 2.66. The van der Waals surface area contributed by atoms with Crippen molar-refractivity contribution in [1.29, 1.82) is 0 Å². The van der Waals surface area contributed by atoms with Gasteiger partial charge >= 0.3 is 5.97 Å². The van der Waals surface area contributed by atoms with Crippen molar-refractivity contribution in [2.75, 3.05) is 6.61 Å². The second kappa shape index (κ2) is 5.21. The number of carbonyl (C=O) groups excluding carboxylic acids is 1. The molecule has 0 amide bonds. The molecule has 0 saturated heterocycles. The molecule has 0 spiro atoms. The van der Waals surface area contributed by atoms with Crippen LogP contribution in [0.2, 0.25) is 0 Å². The summed E-state index contributed by atoms with van der Waals surface area (Å²) in [5.41, 5.74) is 2.21. The van der Waals surface area contributed by atoms with Crippen molar-refractivity contribution in [3.8, 4) is 11.1 Å². The summed E-state index contributed by atoms with van der Waals surface area (Å²) < 4.78 is 4.86. The third-order valence-electron chi connectivity index (χ3n) is 2.24. The zero-order valence-corrected chi connectivity index (χ0v) is 9.46. The fourth-order valence-corrected chi connectivity index (χ4v) is 1.42. The van der Waals surface area contributed by atoms with Crippen molar-refractivity contribution < 1.29 is 9.53 Å². The highest BCUT2D eigenvalue weighted by Crippen LogP contribution is 2.16. The summed E-state index contributed by atoms with van der Waals surface area (Å²) in [4.78, 5) is 19.5. The molecule has 4 nitrogen and oxygen atoms in total. The molecule has 4 heteroatoms. The van der Waals surface area contributed by atoms with Crippen LogP contribution in [0.4, 0.5) is 0 Å². The van der Waals surface area contributed by atoms with Crippen molar-refractivity contribution in [2.45, 2.75) is 6.92 Å². The number of esters is 1. The Labute approximate surface area is 99.3 Å². The van der Waals surface area contributed by atoms with E-state index in [-0.39, 0.29) is 0 Å². The number of nitrogens with zero attached hydrogens (tertiary/aromatic N) is 2. The lowest BCUT2D eigenvalue weighted by atomic mass is 10.1. The lowest BCUT2D eigenvalue weighted by molar-refractivity contribution is 0.0519. The summed E-state index contributed by atoms with van der Waals surface area (Å²) in [7, 11) is 0. The van der Waals surface area contributed by atoms with Gasteiger partial charge in [0, 0.05) is 29.7 Å². The first-order valence-corrected chi connectivity index (χ1v) is 5.35. The van der Waals surface area contributed by atoms with Crippen LogP contribution in [0.1, 0.15) is 17.4 Å². The van der Waals surface area contributed by atoms with Gasteiger partial charge in [-0.25, -0.2) is 9.78 Å². The Hall–Kier alpha value is -2.23. The minimum atomic E-state index is -0.398. The molecule has 0 saturated carbocycles. The number of hydrogen-bond acceptors (Lipinski definition) is 4. The number of carbonyl (C=O) groups is 1. The lowest BCUT2D eigenvalue weighted by Crippen LogP contribution is -2.06.